The van der Waals surface area contributed by atoms with Crippen LogP contribution < -0.4 is 4.74 Å². The van der Waals surface area contributed by atoms with Crippen LogP contribution in [0.3, 0.4) is 0 Å². The van der Waals surface area contributed by atoms with Crippen molar-refractivity contribution in [2.75, 3.05) is 13.2 Å². The van der Waals surface area contributed by atoms with Crippen LogP contribution in [-0.4, -0.2) is 23.8 Å². The normalized spacial score (nSPS) is 10.6. The van der Waals surface area contributed by atoms with Crippen LogP contribution in [0.4, 0.5) is 0 Å². The molecule has 0 unspecified atom stereocenters. The molecule has 1 heterocycles. The second-order valence-electron chi connectivity index (χ2n) is 5.94. The van der Waals surface area contributed by atoms with Crippen molar-refractivity contribution in [2.45, 2.75) is 13.8 Å². The minimum absolute atomic E-state index is 0.197. The summed E-state index contributed by atoms with van der Waals surface area (Å²) >= 11 is 3.39. The van der Waals surface area contributed by atoms with Gasteiger partial charge in [-0.15, -0.1) is 0 Å². The topological polar surface area (TPSA) is 40.5 Å². The highest BCUT2D eigenvalue weighted by molar-refractivity contribution is 9.10. The third kappa shape index (κ3) is 4.35. The number of nitrogens with zero attached hydrogens (tertiary/aromatic N) is 1. The van der Waals surface area contributed by atoms with Gasteiger partial charge in [0, 0.05) is 21.5 Å². The number of benzene rings is 2. The fourth-order valence-electron chi connectivity index (χ4n) is 2.76. The highest BCUT2D eigenvalue weighted by Gasteiger charge is 2.09. The Kier molecular flexibility index (Phi) is 5.78. The van der Waals surface area contributed by atoms with E-state index in [-0.39, 0.29) is 12.6 Å². The summed E-state index contributed by atoms with van der Waals surface area (Å²) in [5, 5.41) is 0. The summed E-state index contributed by atoms with van der Waals surface area (Å²) < 4.78 is 13.9. The van der Waals surface area contributed by atoms with E-state index in [9.17, 15) is 4.79 Å². The number of hydrogen-bond acceptors (Lipinski definition) is 3. The number of aryl methyl sites for hydroxylation is 2. The first-order chi connectivity index (χ1) is 12.5. The Morgan fingerprint density at radius 1 is 0.962 bits per heavy atom. The maximum absolute atomic E-state index is 12.1. The van der Waals surface area contributed by atoms with Crippen LogP contribution in [0.2, 0.25) is 0 Å². The Morgan fingerprint density at radius 3 is 2.31 bits per heavy atom. The minimum atomic E-state index is -0.352. The average molecular weight is 414 g/mol. The maximum atomic E-state index is 12.1. The summed E-state index contributed by atoms with van der Waals surface area (Å²) in [6.07, 6.45) is 0. The summed E-state index contributed by atoms with van der Waals surface area (Å²) in [5.74, 6) is 0.382. The zero-order chi connectivity index (χ0) is 18.5. The van der Waals surface area contributed by atoms with Gasteiger partial charge in [0.2, 0.25) is 0 Å². The van der Waals surface area contributed by atoms with E-state index >= 15 is 0 Å². The summed E-state index contributed by atoms with van der Waals surface area (Å²) in [6.45, 7) is 4.62. The predicted molar refractivity (Wildman–Crippen MR) is 105 cm³/mol. The number of rotatable bonds is 6. The smallest absolute Gasteiger partial charge is 0.338 e. The van der Waals surface area contributed by atoms with E-state index in [1.165, 1.54) is 0 Å². The molecule has 2 aromatic carbocycles. The summed E-state index contributed by atoms with van der Waals surface area (Å²) in [7, 11) is 0. The fourth-order valence-corrected chi connectivity index (χ4v) is 3.13. The number of aromatic nitrogens is 1. The molecule has 0 amide bonds. The first-order valence-corrected chi connectivity index (χ1v) is 9.15. The van der Waals surface area contributed by atoms with Crippen LogP contribution in [0, 0.1) is 13.8 Å². The first kappa shape index (κ1) is 18.3. The third-order valence-corrected chi connectivity index (χ3v) is 4.51. The maximum Gasteiger partial charge on any atom is 0.338 e. The lowest BCUT2D eigenvalue weighted by Crippen LogP contribution is -2.12. The molecule has 4 nitrogen and oxygen atoms in total. The van der Waals surface area contributed by atoms with E-state index in [2.05, 4.69) is 46.5 Å². The molecule has 0 saturated carbocycles. The van der Waals surface area contributed by atoms with E-state index in [4.69, 9.17) is 9.47 Å². The van der Waals surface area contributed by atoms with Crippen molar-refractivity contribution in [2.24, 2.45) is 0 Å². The van der Waals surface area contributed by atoms with Gasteiger partial charge in [-0.25, -0.2) is 4.79 Å². The molecular weight excluding hydrogens is 394 g/mol. The second-order valence-corrected chi connectivity index (χ2v) is 6.86. The molecule has 1 aromatic heterocycles. The van der Waals surface area contributed by atoms with E-state index in [1.54, 1.807) is 12.1 Å². The molecule has 0 spiro atoms. The van der Waals surface area contributed by atoms with Gasteiger partial charge in [-0.05, 0) is 68.4 Å². The molecule has 3 rings (SSSR count). The molecule has 26 heavy (non-hydrogen) atoms. The van der Waals surface area contributed by atoms with Crippen LogP contribution in [0.5, 0.6) is 5.75 Å². The molecule has 0 N–H and O–H groups in total. The minimum Gasteiger partial charge on any atom is -0.490 e. The number of hydrogen-bond donors (Lipinski definition) is 0. The SMILES string of the molecule is Cc1ccc(C)n1-c1ccc(C(=O)OCCOc2cccc(Br)c2)cc1. The van der Waals surface area contributed by atoms with Gasteiger partial charge in [0.15, 0.2) is 0 Å². The van der Waals surface area contributed by atoms with Crippen LogP contribution in [0.15, 0.2) is 65.1 Å². The van der Waals surface area contributed by atoms with Gasteiger partial charge in [-0.1, -0.05) is 22.0 Å². The highest BCUT2D eigenvalue weighted by Crippen LogP contribution is 2.18. The molecule has 0 aliphatic heterocycles. The van der Waals surface area contributed by atoms with E-state index in [0.29, 0.717) is 12.2 Å². The summed E-state index contributed by atoms with van der Waals surface area (Å²) in [4.78, 5) is 12.1. The average Bonchev–Trinajstić information content (AvgIpc) is 2.97. The molecule has 0 saturated heterocycles. The lowest BCUT2D eigenvalue weighted by Gasteiger charge is -2.11. The van der Waals surface area contributed by atoms with E-state index in [1.807, 2.05) is 36.4 Å². The third-order valence-electron chi connectivity index (χ3n) is 4.01. The number of esters is 1. The summed E-state index contributed by atoms with van der Waals surface area (Å²) in [5.41, 5.74) is 3.86. The molecule has 0 aliphatic carbocycles. The Labute approximate surface area is 161 Å². The van der Waals surface area contributed by atoms with Gasteiger partial charge in [-0.3, -0.25) is 0 Å². The number of ether oxygens (including phenoxy) is 2. The fraction of sp³-hybridized carbons (Fsp3) is 0.190. The molecule has 0 bridgehead atoms. The van der Waals surface area contributed by atoms with Crippen LogP contribution in [0.25, 0.3) is 5.69 Å². The van der Waals surface area contributed by atoms with Gasteiger partial charge in [0.25, 0.3) is 0 Å². The predicted octanol–water partition coefficient (Wildman–Crippen LogP) is 5.09. The van der Waals surface area contributed by atoms with Gasteiger partial charge in [-0.2, -0.15) is 0 Å². The Balaban J connectivity index is 1.53. The van der Waals surface area contributed by atoms with Crippen LogP contribution in [0.1, 0.15) is 21.7 Å². The van der Waals surface area contributed by atoms with Crippen LogP contribution in [-0.2, 0) is 4.74 Å². The highest BCUT2D eigenvalue weighted by atomic mass is 79.9. The molecule has 0 fully saturated rings. The Hall–Kier alpha value is -2.53. The van der Waals surface area contributed by atoms with Gasteiger partial charge in [0.1, 0.15) is 19.0 Å². The van der Waals surface area contributed by atoms with Crippen molar-refractivity contribution in [3.05, 3.63) is 82.1 Å². The van der Waals surface area contributed by atoms with Crippen LogP contribution >= 0.6 is 15.9 Å². The van der Waals surface area contributed by atoms with Crippen molar-refractivity contribution < 1.29 is 14.3 Å². The molecule has 5 heteroatoms. The Morgan fingerprint density at radius 2 is 1.65 bits per heavy atom. The molecular formula is C21H20BrNO3. The summed E-state index contributed by atoms with van der Waals surface area (Å²) in [6, 6.07) is 19.1. The second kappa shape index (κ2) is 8.23. The van der Waals surface area contributed by atoms with Crippen molar-refractivity contribution >= 4 is 21.9 Å². The molecule has 0 aliphatic rings. The van der Waals surface area contributed by atoms with E-state index in [0.717, 1.165) is 27.3 Å². The standard InChI is InChI=1S/C21H20BrNO3/c1-15-6-7-16(2)23(15)19-10-8-17(9-11-19)21(24)26-13-12-25-20-5-3-4-18(22)14-20/h3-11,14H,12-13H2,1-2H3. The largest absolute Gasteiger partial charge is 0.490 e. The van der Waals surface area contributed by atoms with Gasteiger partial charge >= 0.3 is 5.97 Å². The van der Waals surface area contributed by atoms with E-state index < -0.39 is 0 Å². The zero-order valence-corrected chi connectivity index (χ0v) is 16.3. The van der Waals surface area contributed by atoms with Gasteiger partial charge < -0.3 is 14.0 Å². The number of carbonyl (C=O) groups excluding carboxylic acids is 1. The quantitative estimate of drug-likeness (QED) is 0.417. The molecule has 0 atom stereocenters. The van der Waals surface area contributed by atoms with Crippen molar-refractivity contribution in [1.82, 2.24) is 4.57 Å². The molecule has 3 aromatic rings. The van der Waals surface area contributed by atoms with Gasteiger partial charge in [0.05, 0.1) is 5.56 Å². The zero-order valence-electron chi connectivity index (χ0n) is 14.7. The lowest BCUT2D eigenvalue weighted by molar-refractivity contribution is 0.0450. The monoisotopic (exact) mass is 413 g/mol. The number of halogens is 1. The van der Waals surface area contributed by atoms with Crippen molar-refractivity contribution in [1.29, 1.82) is 0 Å². The first-order valence-electron chi connectivity index (χ1n) is 8.35. The molecule has 0 radical (unpaired) electrons. The van der Waals surface area contributed by atoms with Crippen molar-refractivity contribution in [3.8, 4) is 11.4 Å². The Bertz CT molecular complexity index is 880. The lowest BCUT2D eigenvalue weighted by atomic mass is 10.2. The molecule has 134 valence electrons. The van der Waals surface area contributed by atoms with Crippen molar-refractivity contribution in [3.63, 3.8) is 0 Å². The number of carbonyl (C=O) groups is 1.